The number of fused-ring (bicyclic) bond motifs is 1. The summed E-state index contributed by atoms with van der Waals surface area (Å²) >= 11 is 3.32. The Bertz CT molecular complexity index is 1120. The van der Waals surface area contributed by atoms with Crippen LogP contribution in [0.25, 0.3) is 21.5 Å². The van der Waals surface area contributed by atoms with E-state index in [0.29, 0.717) is 11.5 Å². The van der Waals surface area contributed by atoms with Gasteiger partial charge in [0.2, 0.25) is 0 Å². The summed E-state index contributed by atoms with van der Waals surface area (Å²) in [4.78, 5) is 9.57. The number of nitrogens with zero attached hydrogens (tertiary/aromatic N) is 2. The summed E-state index contributed by atoms with van der Waals surface area (Å²) in [5.41, 5.74) is 4.25. The number of aryl methyl sites for hydroxylation is 1. The first-order chi connectivity index (χ1) is 13.7. The van der Waals surface area contributed by atoms with Crippen molar-refractivity contribution in [2.45, 2.75) is 17.7 Å². The summed E-state index contributed by atoms with van der Waals surface area (Å²) in [5.74, 6) is 2.19. The van der Waals surface area contributed by atoms with E-state index in [2.05, 4.69) is 30.5 Å². The van der Waals surface area contributed by atoms with E-state index in [4.69, 9.17) is 19.4 Å². The van der Waals surface area contributed by atoms with E-state index in [1.54, 1.807) is 37.3 Å². The van der Waals surface area contributed by atoms with Crippen molar-refractivity contribution in [2.24, 2.45) is 0 Å². The minimum absolute atomic E-state index is 0.710. The van der Waals surface area contributed by atoms with Crippen molar-refractivity contribution in [3.63, 3.8) is 0 Å². The molecule has 4 aromatic rings. The Morgan fingerprint density at radius 2 is 1.86 bits per heavy atom. The van der Waals surface area contributed by atoms with Gasteiger partial charge in [-0.15, -0.1) is 11.3 Å². The molecule has 0 aliphatic carbocycles. The fraction of sp³-hybridized carbons (Fsp3) is 0.182. The first-order valence-electron chi connectivity index (χ1n) is 8.84. The standard InChI is InChI=1S/C22H20N2O2S2/c1-14-11-20(24-18-9-5-4-7-16(14)18)27-12-15-13-28-22(23-15)17-8-6-10-19(25-2)21(17)26-3/h4-11,13H,12H2,1-3H3. The quantitative estimate of drug-likeness (QED) is 0.367. The lowest BCUT2D eigenvalue weighted by molar-refractivity contribution is 0.356. The number of pyridine rings is 1. The summed E-state index contributed by atoms with van der Waals surface area (Å²) < 4.78 is 10.9. The first kappa shape index (κ1) is 18.8. The van der Waals surface area contributed by atoms with Crippen molar-refractivity contribution in [1.29, 1.82) is 0 Å². The van der Waals surface area contributed by atoms with Gasteiger partial charge < -0.3 is 9.47 Å². The van der Waals surface area contributed by atoms with Gasteiger partial charge in [0.05, 0.1) is 36.0 Å². The van der Waals surface area contributed by atoms with Crippen LogP contribution < -0.4 is 9.47 Å². The predicted molar refractivity (Wildman–Crippen MR) is 117 cm³/mol. The van der Waals surface area contributed by atoms with Gasteiger partial charge in [-0.05, 0) is 36.8 Å². The molecule has 0 bridgehead atoms. The number of ether oxygens (including phenoxy) is 2. The highest BCUT2D eigenvalue weighted by atomic mass is 32.2. The fourth-order valence-electron chi connectivity index (χ4n) is 3.09. The number of thiazole rings is 1. The molecule has 0 amide bonds. The molecule has 4 nitrogen and oxygen atoms in total. The minimum Gasteiger partial charge on any atom is -0.493 e. The lowest BCUT2D eigenvalue weighted by Crippen LogP contribution is -1.93. The second kappa shape index (κ2) is 8.20. The Morgan fingerprint density at radius 1 is 1.00 bits per heavy atom. The molecule has 0 spiro atoms. The van der Waals surface area contributed by atoms with E-state index < -0.39 is 0 Å². The molecular weight excluding hydrogens is 388 g/mol. The van der Waals surface area contributed by atoms with Crippen LogP contribution in [0.4, 0.5) is 0 Å². The van der Waals surface area contributed by atoms with Crippen LogP contribution in [0.15, 0.2) is 58.9 Å². The average Bonchev–Trinajstić information content (AvgIpc) is 3.20. The Labute approximate surface area is 172 Å². The maximum absolute atomic E-state index is 5.54. The normalized spacial score (nSPS) is 11.0. The van der Waals surface area contributed by atoms with Gasteiger partial charge in [-0.2, -0.15) is 0 Å². The van der Waals surface area contributed by atoms with Crippen LogP contribution in [0.5, 0.6) is 11.5 Å². The molecule has 28 heavy (non-hydrogen) atoms. The lowest BCUT2D eigenvalue weighted by Gasteiger charge is -2.10. The van der Waals surface area contributed by atoms with Gasteiger partial charge in [0.25, 0.3) is 0 Å². The molecule has 0 unspecified atom stereocenters. The number of para-hydroxylation sites is 2. The number of hydrogen-bond donors (Lipinski definition) is 0. The smallest absolute Gasteiger partial charge is 0.170 e. The molecule has 142 valence electrons. The minimum atomic E-state index is 0.710. The van der Waals surface area contributed by atoms with Crippen molar-refractivity contribution in [3.05, 3.63) is 65.2 Å². The van der Waals surface area contributed by atoms with Crippen LogP contribution in [0.3, 0.4) is 0 Å². The van der Waals surface area contributed by atoms with Crippen LogP contribution in [0.2, 0.25) is 0 Å². The van der Waals surface area contributed by atoms with Crippen LogP contribution >= 0.6 is 23.1 Å². The molecule has 6 heteroatoms. The number of thioether (sulfide) groups is 1. The predicted octanol–water partition coefficient (Wildman–Crippen LogP) is 5.98. The zero-order valence-corrected chi connectivity index (χ0v) is 17.6. The number of aromatic nitrogens is 2. The third-order valence-electron chi connectivity index (χ3n) is 4.45. The molecule has 2 aromatic carbocycles. The van der Waals surface area contributed by atoms with Gasteiger partial charge in [-0.25, -0.2) is 9.97 Å². The summed E-state index contributed by atoms with van der Waals surface area (Å²) in [7, 11) is 3.30. The van der Waals surface area contributed by atoms with Gasteiger partial charge in [0.15, 0.2) is 11.5 Å². The summed E-state index contributed by atoms with van der Waals surface area (Å²) in [6.07, 6.45) is 0. The van der Waals surface area contributed by atoms with E-state index in [1.807, 2.05) is 30.3 Å². The first-order valence-corrected chi connectivity index (χ1v) is 10.7. The largest absolute Gasteiger partial charge is 0.493 e. The molecule has 0 N–H and O–H groups in total. The maximum Gasteiger partial charge on any atom is 0.170 e. The monoisotopic (exact) mass is 408 g/mol. The molecule has 0 atom stereocenters. The van der Waals surface area contributed by atoms with Crippen molar-refractivity contribution >= 4 is 34.0 Å². The molecule has 0 aliphatic heterocycles. The highest BCUT2D eigenvalue weighted by Crippen LogP contribution is 2.39. The maximum atomic E-state index is 5.54. The number of rotatable bonds is 6. The lowest BCUT2D eigenvalue weighted by atomic mass is 10.1. The Kier molecular flexibility index (Phi) is 5.50. The average molecular weight is 409 g/mol. The van der Waals surface area contributed by atoms with Crippen LogP contribution in [-0.4, -0.2) is 24.2 Å². The van der Waals surface area contributed by atoms with Crippen LogP contribution in [0, 0.1) is 6.92 Å². The summed E-state index contributed by atoms with van der Waals surface area (Å²) in [5, 5.41) is 5.24. The fourth-order valence-corrected chi connectivity index (χ4v) is 4.91. The zero-order chi connectivity index (χ0) is 19.5. The number of methoxy groups -OCH3 is 2. The van der Waals surface area contributed by atoms with Gasteiger partial charge in [-0.1, -0.05) is 36.0 Å². The van der Waals surface area contributed by atoms with Gasteiger partial charge in [0, 0.05) is 16.5 Å². The number of benzene rings is 2. The molecule has 0 saturated heterocycles. The van der Waals surface area contributed by atoms with Crippen molar-refractivity contribution in [3.8, 4) is 22.1 Å². The summed E-state index contributed by atoms with van der Waals surface area (Å²) in [6, 6.07) is 16.2. The van der Waals surface area contributed by atoms with Crippen molar-refractivity contribution < 1.29 is 9.47 Å². The Hall–Kier alpha value is -2.57. The van der Waals surface area contributed by atoms with Crippen LogP contribution in [-0.2, 0) is 5.75 Å². The third kappa shape index (κ3) is 3.70. The van der Waals surface area contributed by atoms with E-state index >= 15 is 0 Å². The van der Waals surface area contributed by atoms with Gasteiger partial charge in [-0.3, -0.25) is 0 Å². The van der Waals surface area contributed by atoms with Crippen molar-refractivity contribution in [2.75, 3.05) is 14.2 Å². The highest BCUT2D eigenvalue weighted by molar-refractivity contribution is 7.98. The van der Waals surface area contributed by atoms with Gasteiger partial charge >= 0.3 is 0 Å². The SMILES string of the molecule is COc1cccc(-c2nc(CSc3cc(C)c4ccccc4n3)cs2)c1OC. The molecule has 2 heterocycles. The van der Waals surface area contributed by atoms with E-state index in [-0.39, 0.29) is 0 Å². The van der Waals surface area contributed by atoms with E-state index in [9.17, 15) is 0 Å². The Balaban J connectivity index is 1.55. The topological polar surface area (TPSA) is 44.2 Å². The van der Waals surface area contributed by atoms with Gasteiger partial charge in [0.1, 0.15) is 5.01 Å². The molecular formula is C22H20N2O2S2. The zero-order valence-electron chi connectivity index (χ0n) is 15.9. The highest BCUT2D eigenvalue weighted by Gasteiger charge is 2.15. The second-order valence-electron chi connectivity index (χ2n) is 6.27. The molecule has 4 rings (SSSR count). The van der Waals surface area contributed by atoms with E-state index in [1.165, 1.54) is 10.9 Å². The molecule has 2 aromatic heterocycles. The van der Waals surface area contributed by atoms with E-state index in [0.717, 1.165) is 32.6 Å². The van der Waals surface area contributed by atoms with Crippen molar-refractivity contribution in [1.82, 2.24) is 9.97 Å². The van der Waals surface area contributed by atoms with Crippen LogP contribution in [0.1, 0.15) is 11.3 Å². The molecule has 0 saturated carbocycles. The third-order valence-corrected chi connectivity index (χ3v) is 6.32. The number of hydrogen-bond acceptors (Lipinski definition) is 6. The Morgan fingerprint density at radius 3 is 2.68 bits per heavy atom. The molecule has 0 radical (unpaired) electrons. The molecule has 0 aliphatic rings. The molecule has 0 fully saturated rings. The summed E-state index contributed by atoms with van der Waals surface area (Å²) in [6.45, 7) is 2.13. The second-order valence-corrected chi connectivity index (χ2v) is 8.12.